The molecule has 0 fully saturated rings. The molecular formula is C19H12N4Se. The van der Waals surface area contributed by atoms with Crippen LogP contribution in [0.5, 0.6) is 0 Å². The van der Waals surface area contributed by atoms with Crippen molar-refractivity contribution >= 4 is 56.5 Å². The quantitative estimate of drug-likeness (QED) is 0.472. The van der Waals surface area contributed by atoms with E-state index < -0.39 is 0 Å². The van der Waals surface area contributed by atoms with Crippen molar-refractivity contribution < 1.29 is 0 Å². The van der Waals surface area contributed by atoms with Crippen LogP contribution in [0.15, 0.2) is 67.0 Å². The summed E-state index contributed by atoms with van der Waals surface area (Å²) >= 11 is 0.104. The van der Waals surface area contributed by atoms with Gasteiger partial charge in [-0.05, 0) is 0 Å². The van der Waals surface area contributed by atoms with Gasteiger partial charge >= 0.3 is 144 Å². The van der Waals surface area contributed by atoms with E-state index in [9.17, 15) is 0 Å². The number of nitrogens with zero attached hydrogens (tertiary/aromatic N) is 3. The molecule has 0 unspecified atom stereocenters. The number of benzene rings is 2. The molecule has 24 heavy (non-hydrogen) atoms. The van der Waals surface area contributed by atoms with Crippen LogP contribution in [0.3, 0.4) is 0 Å². The number of fused-ring (bicyclic) bond motifs is 4. The number of para-hydroxylation sites is 2. The van der Waals surface area contributed by atoms with Gasteiger partial charge < -0.3 is 0 Å². The average Bonchev–Trinajstić information content (AvgIpc) is 2.99. The Hall–Kier alpha value is -2.75. The minimum atomic E-state index is 0.104. The summed E-state index contributed by atoms with van der Waals surface area (Å²) in [7, 11) is 0. The Kier molecular flexibility index (Phi) is 3.08. The average molecular weight is 375 g/mol. The first kappa shape index (κ1) is 13.7. The van der Waals surface area contributed by atoms with E-state index in [4.69, 9.17) is 4.98 Å². The number of pyridine rings is 1. The fraction of sp³-hybridized carbons (Fsp3) is 0. The van der Waals surface area contributed by atoms with Crippen molar-refractivity contribution in [2.75, 3.05) is 5.32 Å². The topological polar surface area (TPSA) is 50.7 Å². The zero-order valence-corrected chi connectivity index (χ0v) is 14.3. The van der Waals surface area contributed by atoms with Gasteiger partial charge in [0.2, 0.25) is 0 Å². The summed E-state index contributed by atoms with van der Waals surface area (Å²) < 4.78 is 2.31. The second-order valence-corrected chi connectivity index (χ2v) is 7.62. The molecule has 5 aromatic rings. The summed E-state index contributed by atoms with van der Waals surface area (Å²) in [5, 5.41) is 5.71. The van der Waals surface area contributed by atoms with Crippen LogP contribution in [0.4, 0.5) is 11.5 Å². The van der Waals surface area contributed by atoms with Crippen LogP contribution >= 0.6 is 0 Å². The first-order chi connectivity index (χ1) is 11.9. The van der Waals surface area contributed by atoms with Gasteiger partial charge in [0.15, 0.2) is 0 Å². The zero-order chi connectivity index (χ0) is 15.9. The summed E-state index contributed by atoms with van der Waals surface area (Å²) in [5.41, 5.74) is 3.08. The molecule has 0 aliphatic rings. The van der Waals surface area contributed by atoms with E-state index in [0.717, 1.165) is 37.7 Å². The van der Waals surface area contributed by atoms with Crippen molar-refractivity contribution in [3.05, 3.63) is 67.0 Å². The maximum absolute atomic E-state index is 4.85. The third-order valence-electron chi connectivity index (χ3n) is 3.98. The van der Waals surface area contributed by atoms with E-state index in [1.54, 1.807) is 6.33 Å². The van der Waals surface area contributed by atoms with Crippen LogP contribution in [0.1, 0.15) is 0 Å². The van der Waals surface area contributed by atoms with Crippen molar-refractivity contribution in [2.24, 2.45) is 0 Å². The van der Waals surface area contributed by atoms with Crippen LogP contribution in [0, 0.1) is 0 Å². The van der Waals surface area contributed by atoms with Crippen LogP contribution in [-0.2, 0) is 0 Å². The van der Waals surface area contributed by atoms with Gasteiger partial charge in [-0.25, -0.2) is 0 Å². The standard InChI is InChI=1S/C19H12N4Se/c1-2-7-13(8-3-1)22-18-17-16(20-11-21-18)14-10-12-6-4-5-9-15(12)23-19(14)24-17/h1-11H,(H,20,21,22). The van der Waals surface area contributed by atoms with E-state index in [2.05, 4.69) is 33.5 Å². The van der Waals surface area contributed by atoms with Gasteiger partial charge in [-0.3, -0.25) is 0 Å². The molecular weight excluding hydrogens is 363 g/mol. The Labute approximate surface area is 143 Å². The second kappa shape index (κ2) is 5.41. The van der Waals surface area contributed by atoms with Gasteiger partial charge in [0.1, 0.15) is 0 Å². The number of rotatable bonds is 2. The predicted molar refractivity (Wildman–Crippen MR) is 99.0 cm³/mol. The second-order valence-electron chi connectivity index (χ2n) is 5.53. The zero-order valence-electron chi connectivity index (χ0n) is 12.6. The van der Waals surface area contributed by atoms with Crippen molar-refractivity contribution in [2.45, 2.75) is 0 Å². The summed E-state index contributed by atoms with van der Waals surface area (Å²) in [4.78, 5) is 13.8. The van der Waals surface area contributed by atoms with E-state index >= 15 is 0 Å². The van der Waals surface area contributed by atoms with Gasteiger partial charge in [0, 0.05) is 0 Å². The Morgan fingerprint density at radius 1 is 0.875 bits per heavy atom. The molecule has 0 spiro atoms. The fourth-order valence-electron chi connectivity index (χ4n) is 2.85. The molecule has 0 aliphatic carbocycles. The molecule has 5 rings (SSSR count). The Balaban J connectivity index is 1.76. The van der Waals surface area contributed by atoms with Crippen LogP contribution in [0.2, 0.25) is 0 Å². The molecule has 114 valence electrons. The van der Waals surface area contributed by atoms with Crippen molar-refractivity contribution in [1.29, 1.82) is 0 Å². The van der Waals surface area contributed by atoms with Crippen LogP contribution in [0.25, 0.3) is 30.5 Å². The number of hydrogen-bond acceptors (Lipinski definition) is 4. The third kappa shape index (κ3) is 2.18. The number of nitrogens with one attached hydrogen (secondary N) is 1. The molecule has 3 heterocycles. The molecule has 0 amide bonds. The molecule has 5 heteroatoms. The molecule has 0 atom stereocenters. The summed E-state index contributed by atoms with van der Waals surface area (Å²) in [5.74, 6) is 0.883. The van der Waals surface area contributed by atoms with Gasteiger partial charge in [-0.2, -0.15) is 0 Å². The molecule has 1 N–H and O–H groups in total. The Morgan fingerprint density at radius 3 is 2.62 bits per heavy atom. The van der Waals surface area contributed by atoms with Crippen LogP contribution < -0.4 is 5.32 Å². The Morgan fingerprint density at radius 2 is 1.71 bits per heavy atom. The monoisotopic (exact) mass is 376 g/mol. The molecule has 4 nitrogen and oxygen atoms in total. The number of anilines is 2. The third-order valence-corrected chi connectivity index (χ3v) is 6.28. The van der Waals surface area contributed by atoms with Gasteiger partial charge in [-0.15, -0.1) is 0 Å². The van der Waals surface area contributed by atoms with Crippen molar-refractivity contribution in [3.8, 4) is 0 Å². The van der Waals surface area contributed by atoms with Crippen molar-refractivity contribution in [3.63, 3.8) is 0 Å². The predicted octanol–water partition coefficient (Wildman–Crippen LogP) is 4.13. The molecule has 3 aromatic heterocycles. The molecule has 0 bridgehead atoms. The van der Waals surface area contributed by atoms with Crippen LogP contribution in [-0.4, -0.2) is 29.5 Å². The summed E-state index contributed by atoms with van der Waals surface area (Å²) in [6.07, 6.45) is 1.63. The summed E-state index contributed by atoms with van der Waals surface area (Å²) in [6.45, 7) is 0. The molecule has 0 aliphatic heterocycles. The van der Waals surface area contributed by atoms with E-state index in [1.807, 2.05) is 42.5 Å². The van der Waals surface area contributed by atoms with Gasteiger partial charge in [0.25, 0.3) is 0 Å². The Bertz CT molecular complexity index is 1180. The van der Waals surface area contributed by atoms with E-state index in [0.29, 0.717) is 0 Å². The minimum absolute atomic E-state index is 0.104. The van der Waals surface area contributed by atoms with E-state index in [1.165, 1.54) is 4.26 Å². The molecule has 0 saturated carbocycles. The SMILES string of the molecule is c1ccc(Nc2ncnc3c2[se]c2nc4ccccc4cc23)cc1. The number of aromatic nitrogens is 3. The normalized spacial score (nSPS) is 11.3. The van der Waals surface area contributed by atoms with Gasteiger partial charge in [-0.1, -0.05) is 0 Å². The van der Waals surface area contributed by atoms with Crippen molar-refractivity contribution in [1.82, 2.24) is 15.0 Å². The molecule has 0 radical (unpaired) electrons. The molecule has 2 aromatic carbocycles. The number of hydrogen-bond donors (Lipinski definition) is 1. The fourth-order valence-corrected chi connectivity index (χ4v) is 5.08. The van der Waals surface area contributed by atoms with Gasteiger partial charge in [0.05, 0.1) is 0 Å². The van der Waals surface area contributed by atoms with E-state index in [-0.39, 0.29) is 14.5 Å². The molecule has 0 saturated heterocycles. The first-order valence-corrected chi connectivity index (χ1v) is 9.35. The summed E-state index contributed by atoms with van der Waals surface area (Å²) in [6, 6.07) is 20.5. The first-order valence-electron chi connectivity index (χ1n) is 7.63. The maximum atomic E-state index is 4.85.